The highest BCUT2D eigenvalue weighted by Gasteiger charge is 2.36. The average Bonchev–Trinajstić information content (AvgIpc) is 3.00. The van der Waals surface area contributed by atoms with Gasteiger partial charge < -0.3 is 31.5 Å². The lowest BCUT2D eigenvalue weighted by molar-refractivity contribution is -0.148. The predicted molar refractivity (Wildman–Crippen MR) is 78.6 cm³/mol. The predicted octanol–water partition coefficient (Wildman–Crippen LogP) is -2.90. The van der Waals surface area contributed by atoms with Crippen molar-refractivity contribution < 1.29 is 34.2 Å². The third-order valence-electron chi connectivity index (χ3n) is 3.49. The van der Waals surface area contributed by atoms with E-state index in [1.54, 1.807) is 0 Å². The van der Waals surface area contributed by atoms with Crippen LogP contribution in [0.1, 0.15) is 19.3 Å². The smallest absolute Gasteiger partial charge is 0.326 e. The van der Waals surface area contributed by atoms with Crippen LogP contribution in [0.15, 0.2) is 0 Å². The lowest BCUT2D eigenvalue weighted by Gasteiger charge is -2.25. The first-order valence-corrected chi connectivity index (χ1v) is 7.27. The van der Waals surface area contributed by atoms with Gasteiger partial charge in [-0.25, -0.2) is 4.79 Å². The SMILES string of the molecule is NCC(=O)NCC(=O)N1CCCC1C(=O)NC(CC(=O)O)C(=O)O. The van der Waals surface area contributed by atoms with Crippen LogP contribution < -0.4 is 16.4 Å². The number of nitrogens with zero attached hydrogens (tertiary/aromatic N) is 1. The molecule has 1 aliphatic heterocycles. The minimum atomic E-state index is -1.58. The molecular formula is C13H20N4O7. The molecule has 1 saturated heterocycles. The molecule has 1 fully saturated rings. The van der Waals surface area contributed by atoms with E-state index in [2.05, 4.69) is 10.6 Å². The standard InChI is InChI=1S/C13H20N4O7/c14-5-9(18)15-6-10(19)17-3-1-2-8(17)12(22)16-7(13(23)24)4-11(20)21/h7-8H,1-6,14H2,(H,15,18)(H,16,22)(H,20,21)(H,23,24). The van der Waals surface area contributed by atoms with Gasteiger partial charge in [-0.15, -0.1) is 0 Å². The molecule has 2 unspecified atom stereocenters. The Hall–Kier alpha value is -2.69. The van der Waals surface area contributed by atoms with Gasteiger partial charge in [0.05, 0.1) is 19.5 Å². The third kappa shape index (κ3) is 5.50. The maximum absolute atomic E-state index is 12.2. The minimum absolute atomic E-state index is 0.271. The molecule has 1 heterocycles. The fourth-order valence-electron chi connectivity index (χ4n) is 2.33. The van der Waals surface area contributed by atoms with Gasteiger partial charge in [0.2, 0.25) is 17.7 Å². The molecule has 0 radical (unpaired) electrons. The van der Waals surface area contributed by atoms with Crippen LogP contribution >= 0.6 is 0 Å². The van der Waals surface area contributed by atoms with E-state index in [0.717, 1.165) is 0 Å². The van der Waals surface area contributed by atoms with Gasteiger partial charge in [0.15, 0.2) is 0 Å². The van der Waals surface area contributed by atoms with Crippen LogP contribution in [0.3, 0.4) is 0 Å². The number of carbonyl (C=O) groups is 5. The van der Waals surface area contributed by atoms with Crippen LogP contribution in [0.2, 0.25) is 0 Å². The molecular weight excluding hydrogens is 324 g/mol. The molecule has 0 bridgehead atoms. The molecule has 6 N–H and O–H groups in total. The Morgan fingerprint density at radius 1 is 1.21 bits per heavy atom. The Balaban J connectivity index is 2.67. The van der Waals surface area contributed by atoms with Gasteiger partial charge in [-0.1, -0.05) is 0 Å². The molecule has 1 aliphatic rings. The van der Waals surface area contributed by atoms with E-state index >= 15 is 0 Å². The van der Waals surface area contributed by atoms with Crippen molar-refractivity contribution in [2.45, 2.75) is 31.3 Å². The number of hydrogen-bond donors (Lipinski definition) is 5. The normalized spacial score (nSPS) is 17.9. The fourth-order valence-corrected chi connectivity index (χ4v) is 2.33. The van der Waals surface area contributed by atoms with Gasteiger partial charge in [0.25, 0.3) is 0 Å². The average molecular weight is 344 g/mol. The van der Waals surface area contributed by atoms with Crippen LogP contribution in [-0.2, 0) is 24.0 Å². The molecule has 1 rings (SSSR count). The number of amides is 3. The minimum Gasteiger partial charge on any atom is -0.481 e. The van der Waals surface area contributed by atoms with Crippen LogP contribution in [0.25, 0.3) is 0 Å². The molecule has 11 nitrogen and oxygen atoms in total. The molecule has 0 aromatic heterocycles. The molecule has 134 valence electrons. The van der Waals surface area contributed by atoms with Crippen molar-refractivity contribution in [1.82, 2.24) is 15.5 Å². The molecule has 0 aromatic rings. The van der Waals surface area contributed by atoms with E-state index in [0.29, 0.717) is 12.8 Å². The van der Waals surface area contributed by atoms with Crippen LogP contribution in [0.5, 0.6) is 0 Å². The highest BCUT2D eigenvalue weighted by Crippen LogP contribution is 2.17. The zero-order chi connectivity index (χ0) is 18.3. The topological polar surface area (TPSA) is 179 Å². The van der Waals surface area contributed by atoms with Crippen molar-refractivity contribution >= 4 is 29.7 Å². The zero-order valence-corrected chi connectivity index (χ0v) is 12.9. The number of aliphatic carboxylic acids is 2. The molecule has 24 heavy (non-hydrogen) atoms. The van der Waals surface area contributed by atoms with E-state index in [-0.39, 0.29) is 19.6 Å². The number of carboxylic acids is 2. The van der Waals surface area contributed by atoms with Crippen molar-refractivity contribution in [2.24, 2.45) is 5.73 Å². The summed E-state index contributed by atoms with van der Waals surface area (Å²) in [6.45, 7) is -0.309. The number of carboxylic acid groups (broad SMARTS) is 2. The molecule has 0 spiro atoms. The summed E-state index contributed by atoms with van der Waals surface area (Å²) in [5.74, 6) is -4.60. The zero-order valence-electron chi connectivity index (χ0n) is 12.9. The maximum Gasteiger partial charge on any atom is 0.326 e. The number of nitrogens with one attached hydrogen (secondary N) is 2. The maximum atomic E-state index is 12.2. The lowest BCUT2D eigenvalue weighted by atomic mass is 10.1. The quantitative estimate of drug-likeness (QED) is 0.311. The Morgan fingerprint density at radius 3 is 2.42 bits per heavy atom. The first kappa shape index (κ1) is 19.4. The summed E-state index contributed by atoms with van der Waals surface area (Å²) in [7, 11) is 0. The fraction of sp³-hybridized carbons (Fsp3) is 0.615. The first-order valence-electron chi connectivity index (χ1n) is 7.27. The van der Waals surface area contributed by atoms with Crippen molar-refractivity contribution in [3.8, 4) is 0 Å². The largest absolute Gasteiger partial charge is 0.481 e. The molecule has 2 atom stereocenters. The third-order valence-corrected chi connectivity index (χ3v) is 3.49. The summed E-state index contributed by atoms with van der Waals surface area (Å²) in [6.07, 6.45) is 0.0848. The first-order chi connectivity index (χ1) is 11.3. The number of hydrogen-bond acceptors (Lipinski definition) is 6. The van der Waals surface area contributed by atoms with Crippen molar-refractivity contribution in [2.75, 3.05) is 19.6 Å². The highest BCUT2D eigenvalue weighted by molar-refractivity contribution is 5.93. The summed E-state index contributed by atoms with van der Waals surface area (Å²) >= 11 is 0. The van der Waals surface area contributed by atoms with Crippen LogP contribution in [0.4, 0.5) is 0 Å². The second-order valence-electron chi connectivity index (χ2n) is 5.22. The Bertz CT molecular complexity index is 536. The number of nitrogens with two attached hydrogens (primary N) is 1. The monoisotopic (exact) mass is 344 g/mol. The van der Waals surface area contributed by atoms with Crippen molar-refractivity contribution in [3.05, 3.63) is 0 Å². The molecule has 3 amide bonds. The Kier molecular flexibility index (Phi) is 7.11. The van der Waals surface area contributed by atoms with Crippen molar-refractivity contribution in [1.29, 1.82) is 0 Å². The van der Waals surface area contributed by atoms with Crippen LogP contribution in [0, 0.1) is 0 Å². The van der Waals surface area contributed by atoms with E-state index in [1.165, 1.54) is 4.90 Å². The lowest BCUT2D eigenvalue weighted by Crippen LogP contribution is -2.53. The van der Waals surface area contributed by atoms with Gasteiger partial charge in [-0.2, -0.15) is 0 Å². The number of rotatable bonds is 8. The summed E-state index contributed by atoms with van der Waals surface area (Å²) in [6, 6.07) is -2.48. The van der Waals surface area contributed by atoms with Crippen molar-refractivity contribution in [3.63, 3.8) is 0 Å². The second-order valence-corrected chi connectivity index (χ2v) is 5.22. The Labute approximate surface area is 137 Å². The molecule has 0 aliphatic carbocycles. The van der Waals surface area contributed by atoms with Gasteiger partial charge in [-0.3, -0.25) is 19.2 Å². The summed E-state index contributed by atoms with van der Waals surface area (Å²) < 4.78 is 0. The van der Waals surface area contributed by atoms with Crippen LogP contribution in [-0.4, -0.2) is 76.5 Å². The molecule has 0 saturated carbocycles. The number of likely N-dealkylation sites (tertiary alicyclic amines) is 1. The molecule has 0 aromatic carbocycles. The Morgan fingerprint density at radius 2 is 1.88 bits per heavy atom. The van der Waals surface area contributed by atoms with E-state index < -0.39 is 48.2 Å². The van der Waals surface area contributed by atoms with E-state index in [4.69, 9.17) is 15.9 Å². The highest BCUT2D eigenvalue weighted by atomic mass is 16.4. The summed E-state index contributed by atoms with van der Waals surface area (Å²) in [5, 5.41) is 22.0. The van der Waals surface area contributed by atoms with Gasteiger partial charge in [0.1, 0.15) is 12.1 Å². The number of carbonyl (C=O) groups excluding carboxylic acids is 3. The van der Waals surface area contributed by atoms with Gasteiger partial charge >= 0.3 is 11.9 Å². The summed E-state index contributed by atoms with van der Waals surface area (Å²) in [4.78, 5) is 58.2. The summed E-state index contributed by atoms with van der Waals surface area (Å²) in [5.41, 5.74) is 5.11. The second kappa shape index (κ2) is 8.82. The van der Waals surface area contributed by atoms with Gasteiger partial charge in [-0.05, 0) is 12.8 Å². The molecule has 11 heteroatoms. The van der Waals surface area contributed by atoms with Gasteiger partial charge in [0, 0.05) is 6.54 Å². The van der Waals surface area contributed by atoms with E-state index in [9.17, 15) is 24.0 Å². The van der Waals surface area contributed by atoms with E-state index in [1.807, 2.05) is 0 Å².